The molecule has 3 aromatic carbocycles. The number of carbonyl (C=O) groups is 2. The van der Waals surface area contributed by atoms with Crippen molar-refractivity contribution in [1.82, 2.24) is 0 Å². The number of carbonyl (C=O) groups excluding carboxylic acids is 1. The highest BCUT2D eigenvalue weighted by Crippen LogP contribution is 2.27. The summed E-state index contributed by atoms with van der Waals surface area (Å²) >= 11 is 3.24. The topological polar surface area (TPSA) is 74.6 Å². The number of aliphatic hydroxyl groups excluding tert-OH is 1. The van der Waals surface area contributed by atoms with E-state index in [1.165, 1.54) is 6.07 Å². The number of Topliss-reactive ketones (excluding diaryl/α,β-unsaturated/α-hetero) is 1. The van der Waals surface area contributed by atoms with Crippen LogP contribution >= 0.6 is 15.9 Å². The maximum Gasteiger partial charge on any atom is 0.336 e. The van der Waals surface area contributed by atoms with Crippen molar-refractivity contribution in [2.45, 2.75) is 6.10 Å². The quantitative estimate of drug-likeness (QED) is 0.415. The predicted molar refractivity (Wildman–Crippen MR) is 111 cm³/mol. The van der Waals surface area contributed by atoms with Gasteiger partial charge in [0.2, 0.25) is 0 Å². The molecule has 0 fully saturated rings. The third kappa shape index (κ3) is 4.11. The second-order valence-corrected chi connectivity index (χ2v) is 7.16. The molecule has 0 saturated carbocycles. The van der Waals surface area contributed by atoms with E-state index >= 15 is 0 Å². The van der Waals surface area contributed by atoms with Crippen molar-refractivity contribution >= 4 is 33.3 Å². The van der Waals surface area contributed by atoms with Gasteiger partial charge < -0.3 is 10.2 Å². The van der Waals surface area contributed by atoms with E-state index < -0.39 is 17.9 Å². The molecule has 4 nitrogen and oxygen atoms in total. The molecule has 1 unspecified atom stereocenters. The number of allylic oxidation sites excluding steroid dienone is 1. The minimum atomic E-state index is -1.14. The summed E-state index contributed by atoms with van der Waals surface area (Å²) in [4.78, 5) is 24.5. The van der Waals surface area contributed by atoms with Crippen LogP contribution in [0.5, 0.6) is 0 Å². The number of halogens is 1. The van der Waals surface area contributed by atoms with E-state index in [9.17, 15) is 19.8 Å². The van der Waals surface area contributed by atoms with Crippen LogP contribution in [-0.4, -0.2) is 22.0 Å². The summed E-state index contributed by atoms with van der Waals surface area (Å²) < 4.78 is 0.599. The lowest BCUT2D eigenvalue weighted by atomic mass is 9.92. The summed E-state index contributed by atoms with van der Waals surface area (Å²) in [6, 6.07) is 20.4. The molecule has 1 atom stereocenters. The molecule has 0 aromatic heterocycles. The number of carboxylic acids is 1. The normalized spacial score (nSPS) is 11.6. The van der Waals surface area contributed by atoms with Crippen molar-refractivity contribution in [3.63, 3.8) is 0 Å². The molecule has 0 aliphatic carbocycles. The standard InChI is InChI=1S/C23H17BrO4/c1-14(19-11-10-18(24)13-20(19)23(27)28)21(25)16-8-5-9-17(12-16)22(26)15-6-3-2-4-7-15/h2-13,22,26H,1H2,(H,27,28). The van der Waals surface area contributed by atoms with Gasteiger partial charge >= 0.3 is 5.97 Å². The minimum Gasteiger partial charge on any atom is -0.478 e. The SMILES string of the molecule is C=C(C(=O)c1cccc(C(O)c2ccccc2)c1)c1ccc(Br)cc1C(=O)O. The Morgan fingerprint density at radius 2 is 1.54 bits per heavy atom. The van der Waals surface area contributed by atoms with Gasteiger partial charge in [-0.1, -0.05) is 77.1 Å². The highest BCUT2D eigenvalue weighted by Gasteiger charge is 2.20. The van der Waals surface area contributed by atoms with Gasteiger partial charge in [0.25, 0.3) is 0 Å². The van der Waals surface area contributed by atoms with Crippen molar-refractivity contribution in [3.8, 4) is 0 Å². The molecule has 3 aromatic rings. The van der Waals surface area contributed by atoms with Gasteiger partial charge in [-0.2, -0.15) is 0 Å². The molecular weight excluding hydrogens is 420 g/mol. The van der Waals surface area contributed by atoms with E-state index in [0.29, 0.717) is 21.2 Å². The van der Waals surface area contributed by atoms with E-state index in [0.717, 1.165) is 0 Å². The fraction of sp³-hybridized carbons (Fsp3) is 0.0435. The van der Waals surface area contributed by atoms with Crippen molar-refractivity contribution in [3.05, 3.63) is 112 Å². The first-order valence-corrected chi connectivity index (χ1v) is 9.27. The molecule has 3 rings (SSSR count). The Bertz CT molecular complexity index is 1060. The molecule has 0 aliphatic heterocycles. The number of ketones is 1. The van der Waals surface area contributed by atoms with Crippen LogP contribution in [0.2, 0.25) is 0 Å². The molecular formula is C23H17BrO4. The molecule has 0 amide bonds. The second-order valence-electron chi connectivity index (χ2n) is 6.24. The highest BCUT2D eigenvalue weighted by molar-refractivity contribution is 9.10. The van der Waals surface area contributed by atoms with E-state index in [4.69, 9.17) is 0 Å². The highest BCUT2D eigenvalue weighted by atomic mass is 79.9. The second kappa shape index (κ2) is 8.33. The number of rotatable bonds is 6. The third-order valence-corrected chi connectivity index (χ3v) is 4.88. The van der Waals surface area contributed by atoms with Crippen LogP contribution in [0.3, 0.4) is 0 Å². The van der Waals surface area contributed by atoms with E-state index in [1.807, 2.05) is 18.2 Å². The molecule has 0 saturated heterocycles. The summed E-state index contributed by atoms with van der Waals surface area (Å²) in [5.41, 5.74) is 1.95. The van der Waals surface area contributed by atoms with Crippen LogP contribution in [0.4, 0.5) is 0 Å². The lowest BCUT2D eigenvalue weighted by molar-refractivity contribution is 0.0696. The zero-order valence-corrected chi connectivity index (χ0v) is 16.4. The van der Waals surface area contributed by atoms with Gasteiger partial charge in [-0.05, 0) is 34.9 Å². The van der Waals surface area contributed by atoms with E-state index in [2.05, 4.69) is 22.5 Å². The zero-order valence-electron chi connectivity index (χ0n) is 14.8. The number of carboxylic acid groups (broad SMARTS) is 1. The zero-order chi connectivity index (χ0) is 20.3. The molecule has 0 aliphatic rings. The lowest BCUT2D eigenvalue weighted by Gasteiger charge is -2.14. The maximum absolute atomic E-state index is 12.9. The maximum atomic E-state index is 12.9. The van der Waals surface area contributed by atoms with Crippen molar-refractivity contribution in [2.75, 3.05) is 0 Å². The Hall–Kier alpha value is -3.02. The fourth-order valence-electron chi connectivity index (χ4n) is 2.93. The minimum absolute atomic E-state index is 0.00630. The monoisotopic (exact) mass is 436 g/mol. The number of aliphatic hydroxyl groups is 1. The summed E-state index contributed by atoms with van der Waals surface area (Å²) in [6.07, 6.45) is -0.871. The van der Waals surface area contributed by atoms with E-state index in [-0.39, 0.29) is 16.7 Å². The molecule has 2 N–H and O–H groups in total. The number of benzene rings is 3. The van der Waals surface area contributed by atoms with E-state index in [1.54, 1.807) is 48.5 Å². The van der Waals surface area contributed by atoms with Crippen LogP contribution in [-0.2, 0) is 0 Å². The lowest BCUT2D eigenvalue weighted by Crippen LogP contribution is -2.09. The number of aromatic carboxylic acids is 1. The summed E-state index contributed by atoms with van der Waals surface area (Å²) in [5.74, 6) is -1.54. The van der Waals surface area contributed by atoms with Crippen LogP contribution in [0.1, 0.15) is 43.5 Å². The summed E-state index contributed by atoms with van der Waals surface area (Å²) in [6.45, 7) is 3.82. The van der Waals surface area contributed by atoms with Crippen LogP contribution in [0.25, 0.3) is 5.57 Å². The van der Waals surface area contributed by atoms with Crippen LogP contribution in [0.15, 0.2) is 83.8 Å². The van der Waals surface area contributed by atoms with Crippen molar-refractivity contribution in [1.29, 1.82) is 0 Å². The number of hydrogen-bond acceptors (Lipinski definition) is 3. The summed E-state index contributed by atoms with van der Waals surface area (Å²) in [5, 5.41) is 20.0. The Morgan fingerprint density at radius 1 is 0.857 bits per heavy atom. The first-order chi connectivity index (χ1) is 13.4. The van der Waals surface area contributed by atoms with Crippen LogP contribution in [0, 0.1) is 0 Å². The van der Waals surface area contributed by atoms with Gasteiger partial charge in [0.1, 0.15) is 6.10 Å². The molecule has 0 spiro atoms. The Balaban J connectivity index is 1.94. The Kier molecular flexibility index (Phi) is 5.87. The fourth-order valence-corrected chi connectivity index (χ4v) is 3.29. The third-order valence-electron chi connectivity index (χ3n) is 4.39. The van der Waals surface area contributed by atoms with Gasteiger partial charge in [0.15, 0.2) is 5.78 Å². The van der Waals surface area contributed by atoms with Crippen LogP contribution < -0.4 is 0 Å². The van der Waals surface area contributed by atoms with Gasteiger partial charge in [-0.3, -0.25) is 4.79 Å². The molecule has 0 heterocycles. The average Bonchev–Trinajstić information content (AvgIpc) is 2.72. The molecule has 5 heteroatoms. The molecule has 28 heavy (non-hydrogen) atoms. The smallest absolute Gasteiger partial charge is 0.336 e. The van der Waals surface area contributed by atoms with Gasteiger partial charge in [0.05, 0.1) is 5.56 Å². The Morgan fingerprint density at radius 3 is 2.21 bits per heavy atom. The first-order valence-electron chi connectivity index (χ1n) is 8.48. The molecule has 0 radical (unpaired) electrons. The Labute approximate surface area is 170 Å². The van der Waals surface area contributed by atoms with Gasteiger partial charge in [-0.25, -0.2) is 4.79 Å². The summed E-state index contributed by atoms with van der Waals surface area (Å²) in [7, 11) is 0. The van der Waals surface area contributed by atoms with Crippen molar-refractivity contribution < 1.29 is 19.8 Å². The first kappa shape index (κ1) is 19.7. The predicted octanol–water partition coefficient (Wildman–Crippen LogP) is 5.13. The largest absolute Gasteiger partial charge is 0.478 e. The van der Waals surface area contributed by atoms with Gasteiger partial charge in [-0.15, -0.1) is 0 Å². The average molecular weight is 437 g/mol. The molecule has 140 valence electrons. The molecule has 0 bridgehead atoms. The van der Waals surface area contributed by atoms with Gasteiger partial charge in [0, 0.05) is 15.6 Å². The van der Waals surface area contributed by atoms with Crippen molar-refractivity contribution in [2.24, 2.45) is 0 Å². The number of hydrogen-bond donors (Lipinski definition) is 2.